The topological polar surface area (TPSA) is 124 Å². The highest BCUT2D eigenvalue weighted by molar-refractivity contribution is 7.86. The number of rotatable bonds is 6. The Kier molecular flexibility index (Phi) is 6.12. The van der Waals surface area contributed by atoms with Crippen LogP contribution in [-0.4, -0.2) is 78.6 Å². The third-order valence-electron chi connectivity index (χ3n) is 3.67. The summed E-state index contributed by atoms with van der Waals surface area (Å²) in [6, 6.07) is 0. The molecule has 0 saturated carbocycles. The van der Waals surface area contributed by atoms with E-state index < -0.39 is 56.2 Å². The van der Waals surface area contributed by atoms with Crippen molar-refractivity contribution < 1.29 is 44.1 Å². The lowest BCUT2D eigenvalue weighted by Gasteiger charge is -2.42. The summed E-state index contributed by atoms with van der Waals surface area (Å²) in [7, 11) is -7.49. The first-order chi connectivity index (χ1) is 11.6. The lowest BCUT2D eigenvalue weighted by Crippen LogP contribution is -2.57. The highest BCUT2D eigenvalue weighted by Crippen LogP contribution is 2.37. The molecule has 12 heteroatoms. The van der Waals surface area contributed by atoms with Gasteiger partial charge in [-0.2, -0.15) is 16.8 Å². The number of ether oxygens (including phenoxy) is 4. The molecule has 0 aromatic rings. The maximum Gasteiger partial charge on any atom is 0.264 e. The average Bonchev–Trinajstić information content (AvgIpc) is 2.71. The van der Waals surface area contributed by atoms with Gasteiger partial charge in [-0.25, -0.2) is 0 Å². The second-order valence-corrected chi connectivity index (χ2v) is 10.5. The Morgan fingerprint density at radius 2 is 1.46 bits per heavy atom. The van der Waals surface area contributed by atoms with Gasteiger partial charge in [-0.15, -0.1) is 0 Å². The molecule has 2 aliphatic heterocycles. The van der Waals surface area contributed by atoms with Crippen LogP contribution in [0.15, 0.2) is 0 Å². The van der Waals surface area contributed by atoms with Crippen molar-refractivity contribution >= 4 is 20.2 Å². The Hall–Kier alpha value is -0.340. The van der Waals surface area contributed by atoms with E-state index in [1.54, 1.807) is 27.7 Å². The van der Waals surface area contributed by atoms with E-state index in [0.29, 0.717) is 0 Å². The fraction of sp³-hybridized carbons (Fsp3) is 1.00. The molecular weight excluding hydrogens is 392 g/mol. The van der Waals surface area contributed by atoms with Crippen LogP contribution in [0, 0.1) is 0 Å². The van der Waals surface area contributed by atoms with E-state index in [1.165, 1.54) is 0 Å². The Morgan fingerprint density at radius 1 is 0.885 bits per heavy atom. The van der Waals surface area contributed by atoms with Crippen molar-refractivity contribution in [3.63, 3.8) is 0 Å². The van der Waals surface area contributed by atoms with Gasteiger partial charge in [0.25, 0.3) is 20.2 Å². The van der Waals surface area contributed by atoms with Crippen molar-refractivity contribution in [3.05, 3.63) is 0 Å². The minimum absolute atomic E-state index is 0.0509. The van der Waals surface area contributed by atoms with Gasteiger partial charge < -0.3 is 18.9 Å². The minimum Gasteiger partial charge on any atom is -0.348 e. The third kappa shape index (κ3) is 6.37. The van der Waals surface area contributed by atoms with E-state index in [9.17, 15) is 16.8 Å². The van der Waals surface area contributed by atoms with E-state index in [0.717, 1.165) is 12.5 Å². The van der Waals surface area contributed by atoms with Gasteiger partial charge in [-0.05, 0) is 27.7 Å². The molecule has 10 nitrogen and oxygen atoms in total. The second kappa shape index (κ2) is 7.24. The summed E-state index contributed by atoms with van der Waals surface area (Å²) < 4.78 is 78.6. The second-order valence-electron chi connectivity index (χ2n) is 7.26. The Morgan fingerprint density at radius 3 is 2.00 bits per heavy atom. The molecule has 26 heavy (non-hydrogen) atoms. The molecule has 0 aliphatic carbocycles. The van der Waals surface area contributed by atoms with Crippen LogP contribution in [0.3, 0.4) is 0 Å². The molecule has 0 aromatic carbocycles. The first kappa shape index (κ1) is 22.0. The van der Waals surface area contributed by atoms with Crippen LogP contribution < -0.4 is 0 Å². The average molecular weight is 418 g/mol. The zero-order valence-corrected chi connectivity index (χ0v) is 17.3. The van der Waals surface area contributed by atoms with E-state index >= 15 is 0 Å². The standard InChI is InChI=1S/C14H26O10S2/c1-13(2)19-7-10(24-26(6,17)18)12(22-13)11-9(8-20-25(5,15)16)21-14(3,4)23-11/h9-12H,7-8H2,1-6H3/t9?,10?,11-,12+/m0/s1. The van der Waals surface area contributed by atoms with Crippen LogP contribution in [0.25, 0.3) is 0 Å². The highest BCUT2D eigenvalue weighted by Gasteiger charge is 2.52. The maximum absolute atomic E-state index is 11.6. The van der Waals surface area contributed by atoms with E-state index in [4.69, 9.17) is 27.3 Å². The molecule has 0 N–H and O–H groups in total. The molecule has 2 saturated heterocycles. The first-order valence-electron chi connectivity index (χ1n) is 7.97. The maximum atomic E-state index is 11.6. The Bertz CT molecular complexity index is 712. The molecule has 2 rings (SSSR count). The SMILES string of the molecule is CC1(C)OCC(OS(C)(=O)=O)[C@H]([C@H]2OC(C)(C)OC2COS(C)(=O)=O)O1. The zero-order valence-electron chi connectivity index (χ0n) is 15.6. The lowest BCUT2D eigenvalue weighted by atomic mass is 10.0. The largest absolute Gasteiger partial charge is 0.348 e. The monoisotopic (exact) mass is 418 g/mol. The third-order valence-corrected chi connectivity index (χ3v) is 4.83. The Balaban J connectivity index is 2.27. The van der Waals surface area contributed by atoms with Crippen molar-refractivity contribution in [2.75, 3.05) is 25.7 Å². The van der Waals surface area contributed by atoms with Gasteiger partial charge >= 0.3 is 0 Å². The predicted molar refractivity (Wildman–Crippen MR) is 89.2 cm³/mol. The molecule has 2 fully saturated rings. The highest BCUT2D eigenvalue weighted by atomic mass is 32.2. The molecule has 0 aromatic heterocycles. The number of hydrogen-bond donors (Lipinski definition) is 0. The van der Waals surface area contributed by atoms with Crippen LogP contribution in [0.5, 0.6) is 0 Å². The molecule has 0 bridgehead atoms. The summed E-state index contributed by atoms with van der Waals surface area (Å²) in [5.74, 6) is -2.06. The number of hydrogen-bond acceptors (Lipinski definition) is 10. The molecule has 2 unspecified atom stereocenters. The molecular formula is C14H26O10S2. The van der Waals surface area contributed by atoms with Crippen LogP contribution >= 0.6 is 0 Å². The zero-order chi connectivity index (χ0) is 20.0. The summed E-state index contributed by atoms with van der Waals surface area (Å²) in [5.41, 5.74) is 0. The van der Waals surface area contributed by atoms with Gasteiger partial charge in [-0.3, -0.25) is 8.37 Å². The Labute approximate surface area is 154 Å². The van der Waals surface area contributed by atoms with E-state index in [2.05, 4.69) is 0 Å². The molecule has 2 aliphatic rings. The van der Waals surface area contributed by atoms with Crippen molar-refractivity contribution in [2.45, 2.75) is 63.7 Å². The van der Waals surface area contributed by atoms with Crippen LogP contribution in [-0.2, 0) is 47.5 Å². The van der Waals surface area contributed by atoms with Crippen LogP contribution in [0.1, 0.15) is 27.7 Å². The van der Waals surface area contributed by atoms with Crippen molar-refractivity contribution in [1.29, 1.82) is 0 Å². The summed E-state index contributed by atoms with van der Waals surface area (Å²) in [6.45, 7) is 6.28. The molecule has 0 spiro atoms. The van der Waals surface area contributed by atoms with Crippen molar-refractivity contribution in [3.8, 4) is 0 Å². The normalized spacial score (nSPS) is 34.7. The summed E-state index contributed by atoms with van der Waals surface area (Å²) >= 11 is 0. The quantitative estimate of drug-likeness (QED) is 0.544. The van der Waals surface area contributed by atoms with Crippen LogP contribution in [0.4, 0.5) is 0 Å². The minimum atomic E-state index is -3.79. The summed E-state index contributed by atoms with van der Waals surface area (Å²) in [5, 5.41) is 0. The lowest BCUT2D eigenvalue weighted by molar-refractivity contribution is -0.318. The predicted octanol–water partition coefficient (Wildman–Crippen LogP) is -0.0210. The first-order valence-corrected chi connectivity index (χ1v) is 11.6. The van der Waals surface area contributed by atoms with Gasteiger partial charge in [0.05, 0.1) is 25.7 Å². The molecule has 2 heterocycles. The van der Waals surface area contributed by atoms with Crippen molar-refractivity contribution in [2.24, 2.45) is 0 Å². The molecule has 0 radical (unpaired) electrons. The van der Waals surface area contributed by atoms with Gasteiger partial charge in [0, 0.05) is 0 Å². The van der Waals surface area contributed by atoms with Crippen molar-refractivity contribution in [1.82, 2.24) is 0 Å². The fourth-order valence-corrected chi connectivity index (χ4v) is 3.86. The van der Waals surface area contributed by atoms with Gasteiger partial charge in [0.15, 0.2) is 11.6 Å². The molecule has 0 amide bonds. The van der Waals surface area contributed by atoms with E-state index in [-0.39, 0.29) is 13.2 Å². The van der Waals surface area contributed by atoms with Gasteiger partial charge in [0.1, 0.15) is 24.4 Å². The van der Waals surface area contributed by atoms with Crippen LogP contribution in [0.2, 0.25) is 0 Å². The summed E-state index contributed by atoms with van der Waals surface area (Å²) in [4.78, 5) is 0. The molecule has 154 valence electrons. The smallest absolute Gasteiger partial charge is 0.264 e. The van der Waals surface area contributed by atoms with Gasteiger partial charge in [-0.1, -0.05) is 0 Å². The van der Waals surface area contributed by atoms with Gasteiger partial charge in [0.2, 0.25) is 0 Å². The molecule has 4 atom stereocenters. The fourth-order valence-electron chi connectivity index (χ4n) is 2.86. The summed E-state index contributed by atoms with van der Waals surface area (Å²) in [6.07, 6.45) is -1.67. The van der Waals surface area contributed by atoms with E-state index in [1.807, 2.05) is 0 Å².